The first-order valence-electron chi connectivity index (χ1n) is 4.12. The first-order valence-corrected chi connectivity index (χ1v) is 4.12. The quantitative estimate of drug-likeness (QED) is 0.319. The normalized spacial score (nSPS) is 46.4. The minimum absolute atomic E-state index is 0.0115. The van der Waals surface area contributed by atoms with Gasteiger partial charge in [0.05, 0.1) is 18.6 Å². The molecule has 1 saturated heterocycles. The Hall–Kier alpha value is -0.240. The van der Waals surface area contributed by atoms with Gasteiger partial charge in [-0.15, -0.1) is 0 Å². The van der Waals surface area contributed by atoms with Gasteiger partial charge in [-0.1, -0.05) is 0 Å². The van der Waals surface area contributed by atoms with Crippen molar-refractivity contribution in [2.24, 2.45) is 11.7 Å². The number of nitrogens with two attached hydrogens (primary N) is 1. The number of aliphatic hydroxyl groups is 4. The van der Waals surface area contributed by atoms with Gasteiger partial charge < -0.3 is 30.9 Å². The molecule has 5 atom stereocenters. The van der Waals surface area contributed by atoms with E-state index in [0.29, 0.717) is 0 Å². The summed E-state index contributed by atoms with van der Waals surface area (Å²) in [5.41, 5.74) is 5.26. The molecule has 0 aliphatic carbocycles. The topological polar surface area (TPSA) is 116 Å². The second kappa shape index (κ2) is 4.32. The molecule has 0 spiro atoms. The summed E-state index contributed by atoms with van der Waals surface area (Å²) >= 11 is 0. The molecule has 6 nitrogen and oxygen atoms in total. The molecule has 0 bridgehead atoms. The summed E-state index contributed by atoms with van der Waals surface area (Å²) in [6.45, 7) is -0.440. The number of rotatable bonds is 2. The second-order valence-electron chi connectivity index (χ2n) is 3.13. The SMILES string of the molecule is NC[C@H]1[C@@H](O)[C@H](O)[C@@H](CO)O[C@@H]1O. The third-order valence-corrected chi connectivity index (χ3v) is 2.30. The van der Waals surface area contributed by atoms with Crippen molar-refractivity contribution >= 4 is 0 Å². The highest BCUT2D eigenvalue weighted by Crippen LogP contribution is 2.23. The van der Waals surface area contributed by atoms with Crippen LogP contribution in [0.15, 0.2) is 0 Å². The summed E-state index contributed by atoms with van der Waals surface area (Å²) in [6.07, 6.45) is -4.55. The Kier molecular flexibility index (Phi) is 3.60. The van der Waals surface area contributed by atoms with Crippen molar-refractivity contribution in [1.29, 1.82) is 0 Å². The zero-order valence-corrected chi connectivity index (χ0v) is 7.08. The molecule has 0 saturated carbocycles. The van der Waals surface area contributed by atoms with E-state index in [2.05, 4.69) is 0 Å². The average molecular weight is 193 g/mol. The Labute approximate surface area is 75.6 Å². The molecule has 0 amide bonds. The maximum Gasteiger partial charge on any atom is 0.161 e. The van der Waals surface area contributed by atoms with E-state index in [1.807, 2.05) is 0 Å². The van der Waals surface area contributed by atoms with Crippen molar-refractivity contribution < 1.29 is 25.2 Å². The number of hydrogen-bond acceptors (Lipinski definition) is 6. The molecule has 1 aliphatic rings. The molecule has 13 heavy (non-hydrogen) atoms. The van der Waals surface area contributed by atoms with E-state index >= 15 is 0 Å². The zero-order chi connectivity index (χ0) is 10.0. The van der Waals surface area contributed by atoms with Crippen molar-refractivity contribution in [2.45, 2.75) is 24.6 Å². The highest BCUT2D eigenvalue weighted by atomic mass is 16.6. The van der Waals surface area contributed by atoms with Crippen LogP contribution >= 0.6 is 0 Å². The predicted molar refractivity (Wildman–Crippen MR) is 42.5 cm³/mol. The van der Waals surface area contributed by atoms with Crippen molar-refractivity contribution in [3.05, 3.63) is 0 Å². The second-order valence-corrected chi connectivity index (χ2v) is 3.13. The zero-order valence-electron chi connectivity index (χ0n) is 7.08. The molecule has 1 aliphatic heterocycles. The lowest BCUT2D eigenvalue weighted by Crippen LogP contribution is -2.57. The lowest BCUT2D eigenvalue weighted by atomic mass is 9.91. The maximum absolute atomic E-state index is 9.43. The smallest absolute Gasteiger partial charge is 0.161 e. The van der Waals surface area contributed by atoms with E-state index in [1.165, 1.54) is 0 Å². The van der Waals surface area contributed by atoms with Crippen LogP contribution in [-0.4, -0.2) is 58.2 Å². The van der Waals surface area contributed by atoms with Crippen LogP contribution in [0, 0.1) is 5.92 Å². The lowest BCUT2D eigenvalue weighted by Gasteiger charge is -2.39. The van der Waals surface area contributed by atoms with Crippen molar-refractivity contribution in [3.63, 3.8) is 0 Å². The molecule has 0 radical (unpaired) electrons. The van der Waals surface area contributed by atoms with Gasteiger partial charge in [-0.25, -0.2) is 0 Å². The van der Waals surface area contributed by atoms with E-state index in [9.17, 15) is 15.3 Å². The van der Waals surface area contributed by atoms with Gasteiger partial charge >= 0.3 is 0 Å². The fourth-order valence-electron chi connectivity index (χ4n) is 1.41. The summed E-state index contributed by atoms with van der Waals surface area (Å²) in [5.74, 6) is -0.710. The van der Waals surface area contributed by atoms with Crippen LogP contribution in [0.1, 0.15) is 0 Å². The summed E-state index contributed by atoms with van der Waals surface area (Å²) in [5, 5.41) is 36.8. The van der Waals surface area contributed by atoms with E-state index in [4.69, 9.17) is 15.6 Å². The number of hydrogen-bond donors (Lipinski definition) is 5. The van der Waals surface area contributed by atoms with Crippen LogP contribution in [0.5, 0.6) is 0 Å². The summed E-state index contributed by atoms with van der Waals surface area (Å²) in [4.78, 5) is 0. The van der Waals surface area contributed by atoms with E-state index in [1.54, 1.807) is 0 Å². The van der Waals surface area contributed by atoms with Gasteiger partial charge in [0.15, 0.2) is 6.29 Å². The van der Waals surface area contributed by atoms with E-state index in [-0.39, 0.29) is 6.54 Å². The molecule has 0 aromatic heterocycles. The van der Waals surface area contributed by atoms with Crippen LogP contribution in [0.2, 0.25) is 0 Å². The molecular weight excluding hydrogens is 178 g/mol. The standard InChI is InChI=1S/C7H15NO5/c8-1-3-5(10)6(11)4(2-9)13-7(3)12/h3-7,9-12H,1-2,8H2/t3-,4+,5+,6+,7-/m0/s1. The summed E-state index contributed by atoms with van der Waals surface area (Å²) < 4.78 is 4.84. The molecule has 1 fully saturated rings. The lowest BCUT2D eigenvalue weighted by molar-refractivity contribution is -0.267. The maximum atomic E-state index is 9.43. The number of aliphatic hydroxyl groups excluding tert-OH is 4. The van der Waals surface area contributed by atoms with E-state index < -0.39 is 37.1 Å². The monoisotopic (exact) mass is 193 g/mol. The van der Waals surface area contributed by atoms with Gasteiger partial charge in [0.25, 0.3) is 0 Å². The number of ether oxygens (including phenoxy) is 1. The average Bonchev–Trinajstić information content (AvgIpc) is 2.12. The van der Waals surface area contributed by atoms with Gasteiger partial charge in [0.2, 0.25) is 0 Å². The Balaban J connectivity index is 2.66. The van der Waals surface area contributed by atoms with Crippen LogP contribution in [-0.2, 0) is 4.74 Å². The Morgan fingerprint density at radius 2 is 1.77 bits per heavy atom. The Morgan fingerprint density at radius 3 is 2.23 bits per heavy atom. The van der Waals surface area contributed by atoms with Crippen molar-refractivity contribution in [1.82, 2.24) is 0 Å². The summed E-state index contributed by atoms with van der Waals surface area (Å²) in [6, 6.07) is 0. The molecule has 1 rings (SSSR count). The highest BCUT2D eigenvalue weighted by molar-refractivity contribution is 4.88. The van der Waals surface area contributed by atoms with Gasteiger partial charge in [-0.2, -0.15) is 0 Å². The molecule has 0 unspecified atom stereocenters. The molecular formula is C7H15NO5. The van der Waals surface area contributed by atoms with Gasteiger partial charge in [0.1, 0.15) is 12.2 Å². The van der Waals surface area contributed by atoms with Gasteiger partial charge in [0, 0.05) is 6.54 Å². The molecule has 0 aromatic carbocycles. The van der Waals surface area contributed by atoms with Crippen LogP contribution in [0.25, 0.3) is 0 Å². The fourth-order valence-corrected chi connectivity index (χ4v) is 1.41. The molecule has 6 N–H and O–H groups in total. The Bertz CT molecular complexity index is 167. The van der Waals surface area contributed by atoms with Crippen LogP contribution in [0.4, 0.5) is 0 Å². The fraction of sp³-hybridized carbons (Fsp3) is 1.00. The van der Waals surface area contributed by atoms with Crippen LogP contribution < -0.4 is 5.73 Å². The van der Waals surface area contributed by atoms with Crippen LogP contribution in [0.3, 0.4) is 0 Å². The third-order valence-electron chi connectivity index (χ3n) is 2.30. The minimum Gasteiger partial charge on any atom is -0.394 e. The molecule has 1 heterocycles. The largest absolute Gasteiger partial charge is 0.394 e. The van der Waals surface area contributed by atoms with Crippen molar-refractivity contribution in [2.75, 3.05) is 13.2 Å². The first kappa shape index (κ1) is 10.8. The molecule has 6 heteroatoms. The highest BCUT2D eigenvalue weighted by Gasteiger charge is 2.42. The molecule has 0 aromatic rings. The van der Waals surface area contributed by atoms with Gasteiger partial charge in [-0.05, 0) is 0 Å². The van der Waals surface area contributed by atoms with E-state index in [0.717, 1.165) is 0 Å². The summed E-state index contributed by atoms with van der Waals surface area (Å²) in [7, 11) is 0. The van der Waals surface area contributed by atoms with Gasteiger partial charge in [-0.3, -0.25) is 0 Å². The van der Waals surface area contributed by atoms with Crippen molar-refractivity contribution in [3.8, 4) is 0 Å². The first-order chi connectivity index (χ1) is 6.11. The Morgan fingerprint density at radius 1 is 1.15 bits per heavy atom. The third kappa shape index (κ3) is 1.98. The molecule has 78 valence electrons. The predicted octanol–water partition coefficient (Wildman–Crippen LogP) is -3.01. The minimum atomic E-state index is -1.24.